The highest BCUT2D eigenvalue weighted by Crippen LogP contribution is 2.26. The van der Waals surface area contributed by atoms with Gasteiger partial charge in [0.25, 0.3) is 0 Å². The van der Waals surface area contributed by atoms with Crippen LogP contribution in [0, 0.1) is 11.8 Å². The molecule has 0 aromatic carbocycles. The molecule has 216 valence electrons. The second-order valence-corrected chi connectivity index (χ2v) is 11.7. The average molecular weight is 509 g/mol. The van der Waals surface area contributed by atoms with Crippen molar-refractivity contribution in [2.24, 2.45) is 11.8 Å². The van der Waals surface area contributed by atoms with E-state index >= 15 is 0 Å². The Morgan fingerprint density at radius 3 is 1.36 bits per heavy atom. The van der Waals surface area contributed by atoms with E-state index in [4.69, 9.17) is 4.74 Å². The Hall–Kier alpha value is -0.530. The van der Waals surface area contributed by atoms with E-state index in [1.54, 1.807) is 0 Å². The fourth-order valence-corrected chi connectivity index (χ4v) is 5.47. The van der Waals surface area contributed by atoms with Gasteiger partial charge in [-0.3, -0.25) is 4.79 Å². The van der Waals surface area contributed by atoms with E-state index in [2.05, 4.69) is 27.7 Å². The number of esters is 1. The Bertz CT molecular complexity index is 433. The summed E-state index contributed by atoms with van der Waals surface area (Å²) in [5.41, 5.74) is 0. The van der Waals surface area contributed by atoms with E-state index < -0.39 is 0 Å². The molecule has 0 N–H and O–H groups in total. The first-order chi connectivity index (χ1) is 17.7. The zero-order chi connectivity index (χ0) is 26.5. The molecule has 0 rings (SSSR count). The predicted octanol–water partition coefficient (Wildman–Crippen LogP) is 12.0. The third kappa shape index (κ3) is 23.8. The van der Waals surface area contributed by atoms with Crippen LogP contribution in [0.5, 0.6) is 0 Å². The van der Waals surface area contributed by atoms with Crippen molar-refractivity contribution in [3.63, 3.8) is 0 Å². The summed E-state index contributed by atoms with van der Waals surface area (Å²) in [7, 11) is 0. The maximum Gasteiger partial charge on any atom is 0.308 e. The van der Waals surface area contributed by atoms with Crippen molar-refractivity contribution in [2.75, 3.05) is 6.61 Å². The van der Waals surface area contributed by atoms with Crippen LogP contribution >= 0.6 is 0 Å². The van der Waals surface area contributed by atoms with Gasteiger partial charge in [-0.15, -0.1) is 0 Å². The van der Waals surface area contributed by atoms with Crippen molar-refractivity contribution in [3.05, 3.63) is 0 Å². The molecule has 0 saturated carbocycles. The Labute approximate surface area is 228 Å². The fraction of sp³-hybridized carbons (Fsp3) is 0.971. The van der Waals surface area contributed by atoms with Crippen molar-refractivity contribution in [3.8, 4) is 0 Å². The van der Waals surface area contributed by atoms with Crippen LogP contribution in [0.4, 0.5) is 0 Å². The Morgan fingerprint density at radius 2 is 0.917 bits per heavy atom. The van der Waals surface area contributed by atoms with E-state index in [1.807, 2.05) is 0 Å². The summed E-state index contributed by atoms with van der Waals surface area (Å²) in [5, 5.41) is 0. The summed E-state index contributed by atoms with van der Waals surface area (Å²) in [6, 6.07) is 0. The molecule has 0 amide bonds. The van der Waals surface area contributed by atoms with Gasteiger partial charge >= 0.3 is 5.97 Å². The second-order valence-electron chi connectivity index (χ2n) is 11.7. The molecule has 0 aromatic rings. The topological polar surface area (TPSA) is 26.3 Å². The van der Waals surface area contributed by atoms with E-state index in [0.717, 1.165) is 19.3 Å². The van der Waals surface area contributed by atoms with Crippen LogP contribution in [0.15, 0.2) is 0 Å². The lowest BCUT2D eigenvalue weighted by molar-refractivity contribution is -0.149. The number of rotatable bonds is 29. The molecule has 2 atom stereocenters. The highest BCUT2D eigenvalue weighted by Gasteiger charge is 2.23. The molecule has 0 aromatic heterocycles. The first-order valence-electron chi connectivity index (χ1n) is 16.9. The lowest BCUT2D eigenvalue weighted by Crippen LogP contribution is -2.21. The monoisotopic (exact) mass is 509 g/mol. The first kappa shape index (κ1) is 35.5. The summed E-state index contributed by atoms with van der Waals surface area (Å²) in [6.45, 7) is 9.76. The van der Waals surface area contributed by atoms with Crippen LogP contribution in [-0.4, -0.2) is 12.6 Å². The molecule has 0 aliphatic heterocycles. The SMILES string of the molecule is CCCCCCCCCCCCCCCCOC(=O)C(CCCCCCCC)CC(CC)CCCC. The minimum absolute atomic E-state index is 0.105. The summed E-state index contributed by atoms with van der Waals surface area (Å²) in [4.78, 5) is 12.9. The summed E-state index contributed by atoms with van der Waals surface area (Å²) in [6.07, 6.45) is 33.9. The van der Waals surface area contributed by atoms with Gasteiger partial charge in [0, 0.05) is 0 Å². The van der Waals surface area contributed by atoms with Crippen LogP contribution < -0.4 is 0 Å². The summed E-state index contributed by atoms with van der Waals surface area (Å²) < 4.78 is 5.82. The molecule has 0 fully saturated rings. The van der Waals surface area contributed by atoms with Gasteiger partial charge in [-0.2, -0.15) is 0 Å². The number of hydrogen-bond acceptors (Lipinski definition) is 2. The molecule has 2 unspecified atom stereocenters. The van der Waals surface area contributed by atoms with Crippen molar-refractivity contribution in [1.29, 1.82) is 0 Å². The molecule has 2 heteroatoms. The molecule has 0 aliphatic rings. The van der Waals surface area contributed by atoms with Gasteiger partial charge in [-0.25, -0.2) is 0 Å². The minimum Gasteiger partial charge on any atom is -0.465 e. The molecular weight excluding hydrogens is 440 g/mol. The molecule has 0 radical (unpaired) electrons. The molecule has 0 spiro atoms. The number of hydrogen-bond donors (Lipinski definition) is 0. The fourth-order valence-electron chi connectivity index (χ4n) is 5.47. The van der Waals surface area contributed by atoms with Crippen LogP contribution in [0.2, 0.25) is 0 Å². The normalized spacial score (nSPS) is 13.1. The van der Waals surface area contributed by atoms with E-state index in [9.17, 15) is 4.79 Å². The van der Waals surface area contributed by atoms with Gasteiger partial charge in [0.15, 0.2) is 0 Å². The number of carbonyl (C=O) groups is 1. The van der Waals surface area contributed by atoms with Gasteiger partial charge in [-0.05, 0) is 25.2 Å². The van der Waals surface area contributed by atoms with Crippen molar-refractivity contribution < 1.29 is 9.53 Å². The van der Waals surface area contributed by atoms with Gasteiger partial charge < -0.3 is 4.74 Å². The Balaban J connectivity index is 3.95. The third-order valence-electron chi connectivity index (χ3n) is 8.14. The maximum absolute atomic E-state index is 12.9. The van der Waals surface area contributed by atoms with Gasteiger partial charge in [0.05, 0.1) is 12.5 Å². The molecule has 36 heavy (non-hydrogen) atoms. The van der Waals surface area contributed by atoms with Crippen LogP contribution in [0.3, 0.4) is 0 Å². The number of unbranched alkanes of at least 4 members (excludes halogenated alkanes) is 19. The zero-order valence-electron chi connectivity index (χ0n) is 25.6. The first-order valence-corrected chi connectivity index (χ1v) is 16.9. The molecular formula is C34H68O2. The van der Waals surface area contributed by atoms with Crippen LogP contribution in [0.25, 0.3) is 0 Å². The summed E-state index contributed by atoms with van der Waals surface area (Å²) in [5.74, 6) is 0.918. The quantitative estimate of drug-likeness (QED) is 0.0741. The van der Waals surface area contributed by atoms with Crippen molar-refractivity contribution in [2.45, 2.75) is 195 Å². The van der Waals surface area contributed by atoms with E-state index in [1.165, 1.54) is 148 Å². The second kappa shape index (κ2) is 29.0. The van der Waals surface area contributed by atoms with E-state index in [-0.39, 0.29) is 11.9 Å². The molecule has 2 nitrogen and oxygen atoms in total. The Morgan fingerprint density at radius 1 is 0.500 bits per heavy atom. The molecule has 0 saturated heterocycles. The van der Waals surface area contributed by atoms with Gasteiger partial charge in [-0.1, -0.05) is 175 Å². The van der Waals surface area contributed by atoms with E-state index in [0.29, 0.717) is 12.5 Å². The molecule has 0 aliphatic carbocycles. The largest absolute Gasteiger partial charge is 0.465 e. The summed E-state index contributed by atoms with van der Waals surface area (Å²) >= 11 is 0. The molecule has 0 bridgehead atoms. The number of carbonyl (C=O) groups excluding carboxylic acids is 1. The number of ether oxygens (including phenoxy) is 1. The predicted molar refractivity (Wildman–Crippen MR) is 161 cm³/mol. The Kier molecular flexibility index (Phi) is 28.6. The van der Waals surface area contributed by atoms with Crippen molar-refractivity contribution >= 4 is 5.97 Å². The highest BCUT2D eigenvalue weighted by molar-refractivity contribution is 5.72. The third-order valence-corrected chi connectivity index (χ3v) is 8.14. The van der Waals surface area contributed by atoms with Gasteiger partial charge in [0.1, 0.15) is 0 Å². The van der Waals surface area contributed by atoms with Crippen molar-refractivity contribution in [1.82, 2.24) is 0 Å². The standard InChI is InChI=1S/C34H68O2/c1-5-9-12-14-16-17-18-19-20-21-22-23-25-27-30-36-34(35)33(29-26-24-15-13-10-6-2)31-32(8-4)28-11-7-3/h32-33H,5-31H2,1-4H3. The molecule has 0 heterocycles. The average Bonchev–Trinajstić information content (AvgIpc) is 2.89. The van der Waals surface area contributed by atoms with Crippen LogP contribution in [-0.2, 0) is 9.53 Å². The lowest BCUT2D eigenvalue weighted by Gasteiger charge is -2.22. The minimum atomic E-state index is 0.105. The maximum atomic E-state index is 12.9. The highest BCUT2D eigenvalue weighted by atomic mass is 16.5. The zero-order valence-corrected chi connectivity index (χ0v) is 25.6. The van der Waals surface area contributed by atoms with Crippen LogP contribution in [0.1, 0.15) is 195 Å². The lowest BCUT2D eigenvalue weighted by atomic mass is 9.86. The smallest absolute Gasteiger partial charge is 0.308 e. The van der Waals surface area contributed by atoms with Gasteiger partial charge in [0.2, 0.25) is 0 Å².